The van der Waals surface area contributed by atoms with Crippen LogP contribution < -0.4 is 16.0 Å². The second kappa shape index (κ2) is 8.09. The molecule has 0 saturated heterocycles. The van der Waals surface area contributed by atoms with E-state index >= 15 is 0 Å². The van der Waals surface area contributed by atoms with Gasteiger partial charge in [-0.15, -0.1) is 0 Å². The lowest BCUT2D eigenvalue weighted by molar-refractivity contribution is -0.137. The zero-order valence-electron chi connectivity index (χ0n) is 16.2. The Kier molecular flexibility index (Phi) is 5.45. The zero-order chi connectivity index (χ0) is 23.0. The molecule has 0 atom stereocenters. The summed E-state index contributed by atoms with van der Waals surface area (Å²) >= 11 is 0. The van der Waals surface area contributed by atoms with E-state index < -0.39 is 35.2 Å². The van der Waals surface area contributed by atoms with Gasteiger partial charge < -0.3 is 20.9 Å². The van der Waals surface area contributed by atoms with Gasteiger partial charge in [0.05, 0.1) is 16.8 Å². The number of hydrogen-bond donors (Lipinski definition) is 4. The van der Waals surface area contributed by atoms with Gasteiger partial charge in [-0.25, -0.2) is 13.8 Å². The minimum absolute atomic E-state index is 0.126. The lowest BCUT2D eigenvalue weighted by atomic mass is 9.86. The summed E-state index contributed by atoms with van der Waals surface area (Å²) < 4.78 is 64.4. The van der Waals surface area contributed by atoms with Gasteiger partial charge in [-0.3, -0.25) is 9.59 Å². The van der Waals surface area contributed by atoms with Crippen molar-refractivity contribution in [2.45, 2.75) is 31.1 Å². The number of pyridine rings is 1. The Bertz CT molecular complexity index is 1170. The van der Waals surface area contributed by atoms with E-state index in [4.69, 9.17) is 0 Å². The minimum atomic E-state index is -4.46. The topological polar surface area (TPSA) is 98.9 Å². The highest BCUT2D eigenvalue weighted by molar-refractivity contribution is 6.40. The van der Waals surface area contributed by atoms with Gasteiger partial charge in [0.1, 0.15) is 5.82 Å². The smallest absolute Gasteiger partial charge is 0.367 e. The van der Waals surface area contributed by atoms with Gasteiger partial charge in [0.15, 0.2) is 11.6 Å². The van der Waals surface area contributed by atoms with Crippen LogP contribution in [0, 0.1) is 11.6 Å². The highest BCUT2D eigenvalue weighted by Gasteiger charge is 2.33. The van der Waals surface area contributed by atoms with Crippen LogP contribution in [0.3, 0.4) is 0 Å². The van der Waals surface area contributed by atoms with Crippen LogP contribution in [-0.2, 0) is 15.8 Å². The van der Waals surface area contributed by atoms with Crippen molar-refractivity contribution in [1.82, 2.24) is 15.3 Å². The quantitative estimate of drug-likeness (QED) is 0.359. The fourth-order valence-corrected chi connectivity index (χ4v) is 3.36. The number of aromatic nitrogens is 2. The number of halogens is 5. The second-order valence-electron chi connectivity index (χ2n) is 7.38. The third-order valence-electron chi connectivity index (χ3n) is 5.09. The highest BCUT2D eigenvalue weighted by Crippen LogP contribution is 2.30. The van der Waals surface area contributed by atoms with Gasteiger partial charge in [-0.05, 0) is 31.0 Å². The molecule has 0 unspecified atom stereocenters. The van der Waals surface area contributed by atoms with Gasteiger partial charge in [-0.2, -0.15) is 13.2 Å². The van der Waals surface area contributed by atoms with Crippen LogP contribution in [0.5, 0.6) is 0 Å². The Hall–Kier alpha value is -3.70. The fraction of sp³-hybridized carbons (Fsp3) is 0.250. The Morgan fingerprint density at radius 3 is 2.41 bits per heavy atom. The first-order valence-electron chi connectivity index (χ1n) is 9.48. The standard InChI is InChI=1S/C20H16F5N5O2/c21-13-5-12-15(6-14(13)22)26-8-16(12)30-19(32)18(31)29-11-3-10(4-11)28-17-2-1-9(7-27-17)20(23,24)25/h1-2,5-8,10-11,26H,3-4H2,(H,27,28)(H,29,31)(H,30,32). The summed E-state index contributed by atoms with van der Waals surface area (Å²) in [4.78, 5) is 30.7. The zero-order valence-corrected chi connectivity index (χ0v) is 16.2. The van der Waals surface area contributed by atoms with E-state index in [1.807, 2.05) is 0 Å². The maximum atomic E-state index is 13.5. The Labute approximate surface area is 177 Å². The number of nitrogens with zero attached hydrogens (tertiary/aromatic N) is 1. The van der Waals surface area contributed by atoms with Crippen molar-refractivity contribution in [2.24, 2.45) is 0 Å². The molecule has 2 heterocycles. The van der Waals surface area contributed by atoms with Crippen LogP contribution in [0.25, 0.3) is 10.9 Å². The number of anilines is 2. The molecule has 1 aliphatic carbocycles. The number of alkyl halides is 3. The molecule has 3 aromatic rings. The molecule has 4 N–H and O–H groups in total. The van der Waals surface area contributed by atoms with E-state index in [1.54, 1.807) is 0 Å². The largest absolute Gasteiger partial charge is 0.417 e. The first kappa shape index (κ1) is 21.5. The van der Waals surface area contributed by atoms with Crippen LogP contribution in [0.4, 0.5) is 33.5 Å². The molecule has 4 rings (SSSR count). The first-order valence-corrected chi connectivity index (χ1v) is 9.48. The summed E-state index contributed by atoms with van der Waals surface area (Å²) in [6.45, 7) is 0. The predicted octanol–water partition coefficient (Wildman–Crippen LogP) is 3.56. The second-order valence-corrected chi connectivity index (χ2v) is 7.38. The van der Waals surface area contributed by atoms with Crippen molar-refractivity contribution in [3.05, 3.63) is 53.9 Å². The number of nitrogens with one attached hydrogen (secondary N) is 4. The van der Waals surface area contributed by atoms with E-state index in [0.717, 1.165) is 24.4 Å². The predicted molar refractivity (Wildman–Crippen MR) is 105 cm³/mol. The molecule has 1 fully saturated rings. The molecular formula is C20H16F5N5O2. The van der Waals surface area contributed by atoms with Gasteiger partial charge in [-0.1, -0.05) is 0 Å². The summed E-state index contributed by atoms with van der Waals surface area (Å²) in [6.07, 6.45) is -1.53. The lowest BCUT2D eigenvalue weighted by Gasteiger charge is -2.36. The highest BCUT2D eigenvalue weighted by atomic mass is 19.4. The maximum absolute atomic E-state index is 13.5. The lowest BCUT2D eigenvalue weighted by Crippen LogP contribution is -2.52. The normalized spacial score (nSPS) is 18.2. The van der Waals surface area contributed by atoms with Crippen molar-refractivity contribution in [1.29, 1.82) is 0 Å². The number of hydrogen-bond acceptors (Lipinski definition) is 4. The van der Waals surface area contributed by atoms with Crippen LogP contribution in [0.1, 0.15) is 18.4 Å². The van der Waals surface area contributed by atoms with E-state index in [-0.39, 0.29) is 34.5 Å². The van der Waals surface area contributed by atoms with Crippen LogP contribution in [0.15, 0.2) is 36.7 Å². The van der Waals surface area contributed by atoms with E-state index in [1.165, 1.54) is 12.3 Å². The first-order chi connectivity index (χ1) is 15.1. The van der Waals surface area contributed by atoms with Crippen molar-refractivity contribution in [2.75, 3.05) is 10.6 Å². The molecule has 12 heteroatoms. The van der Waals surface area contributed by atoms with Crippen molar-refractivity contribution in [3.8, 4) is 0 Å². The Morgan fingerprint density at radius 2 is 1.75 bits per heavy atom. The molecular weight excluding hydrogens is 437 g/mol. The minimum Gasteiger partial charge on any atom is -0.367 e. The average Bonchev–Trinajstić information content (AvgIpc) is 3.07. The summed E-state index contributed by atoms with van der Waals surface area (Å²) in [6, 6.07) is 3.55. The number of carbonyl (C=O) groups excluding carboxylic acids is 2. The number of rotatable bonds is 4. The molecule has 32 heavy (non-hydrogen) atoms. The van der Waals surface area contributed by atoms with Crippen LogP contribution in [0.2, 0.25) is 0 Å². The molecule has 2 aromatic heterocycles. The monoisotopic (exact) mass is 453 g/mol. The average molecular weight is 453 g/mol. The number of amides is 2. The molecule has 2 amide bonds. The maximum Gasteiger partial charge on any atom is 0.417 e. The fourth-order valence-electron chi connectivity index (χ4n) is 3.36. The molecule has 0 bridgehead atoms. The molecule has 7 nitrogen and oxygen atoms in total. The van der Waals surface area contributed by atoms with Gasteiger partial charge in [0.2, 0.25) is 0 Å². The molecule has 1 saturated carbocycles. The molecule has 168 valence electrons. The van der Waals surface area contributed by atoms with Crippen molar-refractivity contribution >= 4 is 34.2 Å². The third kappa shape index (κ3) is 4.48. The van der Waals surface area contributed by atoms with Gasteiger partial charge in [0, 0.05) is 35.9 Å². The number of H-pyrrole nitrogens is 1. The number of carbonyl (C=O) groups is 2. The molecule has 1 aromatic carbocycles. The van der Waals surface area contributed by atoms with Crippen LogP contribution >= 0.6 is 0 Å². The van der Waals surface area contributed by atoms with Gasteiger partial charge in [0.25, 0.3) is 0 Å². The SMILES string of the molecule is O=C(Nc1c[nH]c2cc(F)c(F)cc12)C(=O)NC1CC(Nc2ccc(C(F)(F)F)cn2)C1. The summed E-state index contributed by atoms with van der Waals surface area (Å²) in [5.74, 6) is -3.75. The number of aromatic amines is 1. The number of fused-ring (bicyclic) bond motifs is 1. The van der Waals surface area contributed by atoms with E-state index in [9.17, 15) is 31.5 Å². The summed E-state index contributed by atoms with van der Waals surface area (Å²) in [5.41, 5.74) is -0.471. The van der Waals surface area contributed by atoms with Gasteiger partial charge >= 0.3 is 18.0 Å². The van der Waals surface area contributed by atoms with Crippen LogP contribution in [-0.4, -0.2) is 33.9 Å². The summed E-state index contributed by atoms with van der Waals surface area (Å²) in [5, 5.41) is 8.05. The third-order valence-corrected chi connectivity index (χ3v) is 5.09. The Balaban J connectivity index is 1.27. The molecule has 0 aliphatic heterocycles. The molecule has 0 radical (unpaired) electrons. The summed E-state index contributed by atoms with van der Waals surface area (Å²) in [7, 11) is 0. The molecule has 0 spiro atoms. The van der Waals surface area contributed by atoms with Crippen molar-refractivity contribution < 1.29 is 31.5 Å². The van der Waals surface area contributed by atoms with E-state index in [2.05, 4.69) is 25.9 Å². The number of benzene rings is 1. The van der Waals surface area contributed by atoms with Crippen molar-refractivity contribution in [3.63, 3.8) is 0 Å². The Morgan fingerprint density at radius 1 is 1.03 bits per heavy atom. The molecule has 1 aliphatic rings. The van der Waals surface area contributed by atoms with E-state index in [0.29, 0.717) is 12.8 Å².